The number of aryl methyl sites for hydroxylation is 4. The first kappa shape index (κ1) is 15.8. The van der Waals surface area contributed by atoms with Crippen LogP contribution >= 0.6 is 0 Å². The van der Waals surface area contributed by atoms with Gasteiger partial charge in [0.1, 0.15) is 0 Å². The maximum absolute atomic E-state index is 13.4. The van der Waals surface area contributed by atoms with Gasteiger partial charge in [0.25, 0.3) is 0 Å². The lowest BCUT2D eigenvalue weighted by Gasteiger charge is -2.16. The van der Waals surface area contributed by atoms with E-state index in [0.717, 1.165) is 47.9 Å². The monoisotopic (exact) mass is 360 g/mol. The fourth-order valence-corrected chi connectivity index (χ4v) is 4.95. The van der Waals surface area contributed by atoms with Crippen LogP contribution in [0.2, 0.25) is 0 Å². The molecular weight excluding hydrogens is 340 g/mol. The molecule has 0 saturated heterocycles. The van der Waals surface area contributed by atoms with E-state index in [1.165, 1.54) is 33.0 Å². The molecule has 1 nitrogen and oxygen atoms in total. The molecule has 0 aliphatic heterocycles. The molecule has 5 aliphatic rings. The van der Waals surface area contributed by atoms with Crippen LogP contribution in [0.15, 0.2) is 72.8 Å². The zero-order valence-electron chi connectivity index (χ0n) is 15.7. The predicted octanol–water partition coefficient (Wildman–Crippen LogP) is 5.94. The number of ketones is 1. The summed E-state index contributed by atoms with van der Waals surface area (Å²) in [6.45, 7) is 0. The molecule has 0 amide bonds. The summed E-state index contributed by atoms with van der Waals surface area (Å²) in [6, 6.07) is 26.0. The second-order valence-corrected chi connectivity index (χ2v) is 7.99. The van der Waals surface area contributed by atoms with Gasteiger partial charge in [0.15, 0.2) is 5.78 Å². The van der Waals surface area contributed by atoms with Gasteiger partial charge in [0.05, 0.1) is 0 Å². The van der Waals surface area contributed by atoms with E-state index in [2.05, 4.69) is 54.6 Å². The Bertz CT molecular complexity index is 1260. The Hall–Kier alpha value is -3.19. The van der Waals surface area contributed by atoms with E-state index >= 15 is 0 Å². The molecule has 134 valence electrons. The van der Waals surface area contributed by atoms with E-state index in [9.17, 15) is 4.79 Å². The lowest BCUT2D eigenvalue weighted by Crippen LogP contribution is -2.04. The Balaban J connectivity index is 1.63. The van der Waals surface area contributed by atoms with Crippen molar-refractivity contribution in [3.63, 3.8) is 0 Å². The summed E-state index contributed by atoms with van der Waals surface area (Å²) in [4.78, 5) is 13.4. The maximum Gasteiger partial charge on any atom is 0.194 e. The first-order valence-corrected chi connectivity index (χ1v) is 10.1. The summed E-state index contributed by atoms with van der Waals surface area (Å²) in [7, 11) is 0. The molecule has 0 unspecified atom stereocenters. The van der Waals surface area contributed by atoms with E-state index in [1.807, 2.05) is 18.2 Å². The van der Waals surface area contributed by atoms with Gasteiger partial charge >= 0.3 is 0 Å². The normalized spacial score (nSPS) is 14.6. The molecule has 4 aromatic carbocycles. The highest BCUT2D eigenvalue weighted by Crippen LogP contribution is 2.42. The molecule has 0 radical (unpaired) electrons. The summed E-state index contributed by atoms with van der Waals surface area (Å²) < 4.78 is 0. The van der Waals surface area contributed by atoms with Crippen molar-refractivity contribution in [1.29, 1.82) is 0 Å². The highest BCUT2D eigenvalue weighted by Gasteiger charge is 2.29. The van der Waals surface area contributed by atoms with Crippen molar-refractivity contribution >= 4 is 16.6 Å². The van der Waals surface area contributed by atoms with Gasteiger partial charge in [-0.2, -0.15) is 0 Å². The van der Waals surface area contributed by atoms with Crippen LogP contribution in [-0.2, 0) is 25.7 Å². The lowest BCUT2D eigenvalue weighted by molar-refractivity contribution is 0.104. The fraction of sp³-hybridized carbons (Fsp3) is 0.148. The molecule has 4 aromatic rings. The molecule has 9 rings (SSSR count). The van der Waals surface area contributed by atoms with E-state index in [0.29, 0.717) is 0 Å². The Morgan fingerprint density at radius 1 is 0.536 bits per heavy atom. The Morgan fingerprint density at radius 2 is 1.18 bits per heavy atom. The van der Waals surface area contributed by atoms with Gasteiger partial charge in [-0.3, -0.25) is 4.79 Å². The molecule has 0 spiro atoms. The quantitative estimate of drug-likeness (QED) is 0.334. The van der Waals surface area contributed by atoms with Gasteiger partial charge in [-0.25, -0.2) is 0 Å². The summed E-state index contributed by atoms with van der Waals surface area (Å²) in [6.07, 6.45) is 3.98. The number of carbonyl (C=O) groups is 1. The second kappa shape index (κ2) is 5.90. The summed E-state index contributed by atoms with van der Waals surface area (Å²) in [5.74, 6) is 0.185. The topological polar surface area (TPSA) is 17.1 Å². The minimum Gasteiger partial charge on any atom is -0.289 e. The van der Waals surface area contributed by atoms with Crippen LogP contribution in [-0.4, -0.2) is 5.78 Å². The van der Waals surface area contributed by atoms with E-state index < -0.39 is 0 Å². The van der Waals surface area contributed by atoms with Crippen molar-refractivity contribution in [1.82, 2.24) is 0 Å². The summed E-state index contributed by atoms with van der Waals surface area (Å²) >= 11 is 0. The number of carbonyl (C=O) groups excluding carboxylic acids is 1. The SMILES string of the molecule is O=C1c2ccccc2-c2ccc3c4ccc(c3c21)CCc1ccc(cc1)CC4. The Labute approximate surface area is 164 Å². The van der Waals surface area contributed by atoms with Gasteiger partial charge in [0.2, 0.25) is 0 Å². The van der Waals surface area contributed by atoms with E-state index in [1.54, 1.807) is 0 Å². The number of hydrogen-bond donors (Lipinski definition) is 0. The molecule has 5 aliphatic carbocycles. The van der Waals surface area contributed by atoms with Crippen LogP contribution in [0.1, 0.15) is 38.2 Å². The average Bonchev–Trinajstić information content (AvgIpc) is 3.03. The first-order chi connectivity index (χ1) is 13.8. The molecule has 28 heavy (non-hydrogen) atoms. The third-order valence-corrected chi connectivity index (χ3v) is 6.44. The zero-order valence-corrected chi connectivity index (χ0v) is 15.7. The number of rotatable bonds is 0. The summed E-state index contributed by atoms with van der Waals surface area (Å²) in [5.41, 5.74) is 9.32. The van der Waals surface area contributed by atoms with Crippen molar-refractivity contribution in [3.05, 3.63) is 106 Å². The Morgan fingerprint density at radius 3 is 1.93 bits per heavy atom. The number of benzene rings is 4. The minimum absolute atomic E-state index is 0.185. The fourth-order valence-electron chi connectivity index (χ4n) is 4.95. The molecule has 0 aromatic heterocycles. The van der Waals surface area contributed by atoms with Gasteiger partial charge in [-0.05, 0) is 69.8 Å². The van der Waals surface area contributed by atoms with Crippen LogP contribution in [0.25, 0.3) is 21.9 Å². The maximum atomic E-state index is 13.4. The van der Waals surface area contributed by atoms with Gasteiger partial charge in [0, 0.05) is 11.1 Å². The van der Waals surface area contributed by atoms with Crippen LogP contribution in [0.5, 0.6) is 0 Å². The van der Waals surface area contributed by atoms with Crippen molar-refractivity contribution in [2.45, 2.75) is 25.7 Å². The number of hydrogen-bond acceptors (Lipinski definition) is 1. The molecule has 0 fully saturated rings. The van der Waals surface area contributed by atoms with Gasteiger partial charge in [-0.1, -0.05) is 72.8 Å². The van der Waals surface area contributed by atoms with Crippen LogP contribution in [0.4, 0.5) is 0 Å². The lowest BCUT2D eigenvalue weighted by atomic mass is 9.87. The highest BCUT2D eigenvalue weighted by atomic mass is 16.1. The average molecular weight is 360 g/mol. The third kappa shape index (κ3) is 2.23. The smallest absolute Gasteiger partial charge is 0.194 e. The van der Waals surface area contributed by atoms with Crippen molar-refractivity contribution < 1.29 is 4.79 Å². The molecule has 1 heteroatoms. The van der Waals surface area contributed by atoms with E-state index in [-0.39, 0.29) is 5.78 Å². The highest BCUT2D eigenvalue weighted by molar-refractivity contribution is 6.28. The summed E-state index contributed by atoms with van der Waals surface area (Å²) in [5, 5.41) is 2.44. The second-order valence-electron chi connectivity index (χ2n) is 7.99. The van der Waals surface area contributed by atoms with Crippen molar-refractivity contribution in [3.8, 4) is 11.1 Å². The predicted molar refractivity (Wildman–Crippen MR) is 114 cm³/mol. The van der Waals surface area contributed by atoms with Crippen molar-refractivity contribution in [2.24, 2.45) is 0 Å². The molecule has 0 heterocycles. The van der Waals surface area contributed by atoms with Crippen LogP contribution < -0.4 is 0 Å². The molecule has 0 saturated carbocycles. The van der Waals surface area contributed by atoms with Gasteiger partial charge < -0.3 is 0 Å². The van der Waals surface area contributed by atoms with E-state index in [4.69, 9.17) is 0 Å². The molecule has 0 atom stereocenters. The third-order valence-electron chi connectivity index (χ3n) is 6.44. The Kier molecular flexibility index (Phi) is 3.34. The zero-order chi connectivity index (χ0) is 18.7. The largest absolute Gasteiger partial charge is 0.289 e. The standard InChI is InChI=1S/C27H20O/c28-27-24-4-2-1-3-22(24)23-16-15-21-19-11-9-17-5-7-18(8-6-17)10-12-20(14-13-19)25(21)26(23)27/h1-8,13-16H,9-12H2. The molecule has 4 bridgehead atoms. The molecular formula is C27H20O. The van der Waals surface area contributed by atoms with Gasteiger partial charge in [-0.15, -0.1) is 0 Å². The minimum atomic E-state index is 0.185. The van der Waals surface area contributed by atoms with Crippen LogP contribution in [0, 0.1) is 0 Å². The van der Waals surface area contributed by atoms with Crippen LogP contribution in [0.3, 0.4) is 0 Å². The van der Waals surface area contributed by atoms with Crippen molar-refractivity contribution in [2.75, 3.05) is 0 Å². The first-order valence-electron chi connectivity index (χ1n) is 10.1. The molecule has 0 N–H and O–H groups in total. The number of fused-ring (bicyclic) bond motifs is 3.